The number of alkyl halides is 3. The molecule has 0 spiro atoms. The van der Waals surface area contributed by atoms with E-state index in [1.54, 1.807) is 0 Å². The zero-order valence-corrected chi connectivity index (χ0v) is 14.4. The van der Waals surface area contributed by atoms with Crippen molar-refractivity contribution in [2.75, 3.05) is 5.32 Å². The van der Waals surface area contributed by atoms with Crippen LogP contribution in [0.1, 0.15) is 11.3 Å². The van der Waals surface area contributed by atoms with Gasteiger partial charge in [-0.2, -0.15) is 22.7 Å². The van der Waals surface area contributed by atoms with E-state index in [1.807, 2.05) is 30.3 Å². The summed E-state index contributed by atoms with van der Waals surface area (Å²) in [6, 6.07) is 15.6. The second-order valence-corrected chi connectivity index (χ2v) is 6.06. The minimum atomic E-state index is -4.48. The molecule has 2 aromatic heterocycles. The molecule has 0 radical (unpaired) electrons. The number of benzene rings is 2. The van der Waals surface area contributed by atoms with Crippen molar-refractivity contribution in [3.05, 3.63) is 82.3 Å². The first-order valence-electron chi connectivity index (χ1n) is 8.36. The van der Waals surface area contributed by atoms with Crippen LogP contribution in [0.2, 0.25) is 0 Å². The summed E-state index contributed by atoms with van der Waals surface area (Å²) < 4.78 is 40.5. The Morgan fingerprint density at radius 1 is 1.00 bits per heavy atom. The lowest BCUT2D eigenvalue weighted by Crippen LogP contribution is -2.17. The molecule has 4 rings (SSSR count). The number of aromatic nitrogens is 4. The minimum absolute atomic E-state index is 0.0492. The van der Waals surface area contributed by atoms with Crippen LogP contribution in [0.5, 0.6) is 0 Å². The molecule has 0 amide bonds. The number of para-hydroxylation sites is 1. The zero-order chi connectivity index (χ0) is 19.7. The Bertz CT molecular complexity index is 1180. The van der Waals surface area contributed by atoms with E-state index in [1.165, 1.54) is 28.8 Å². The highest BCUT2D eigenvalue weighted by atomic mass is 19.4. The third-order valence-electron chi connectivity index (χ3n) is 4.12. The van der Waals surface area contributed by atoms with Gasteiger partial charge in [-0.05, 0) is 12.1 Å². The maximum Gasteiger partial charge on any atom is 0.418 e. The first-order valence-corrected chi connectivity index (χ1v) is 8.36. The second kappa shape index (κ2) is 6.84. The van der Waals surface area contributed by atoms with Gasteiger partial charge < -0.3 is 5.32 Å². The van der Waals surface area contributed by atoms with Gasteiger partial charge in [-0.3, -0.25) is 9.89 Å². The Balaban J connectivity index is 1.63. The number of hydrogen-bond donors (Lipinski definition) is 2. The van der Waals surface area contributed by atoms with Crippen molar-refractivity contribution < 1.29 is 13.2 Å². The molecule has 0 unspecified atom stereocenters. The van der Waals surface area contributed by atoms with Gasteiger partial charge in [0.05, 0.1) is 17.8 Å². The summed E-state index contributed by atoms with van der Waals surface area (Å²) in [4.78, 5) is 20.9. The summed E-state index contributed by atoms with van der Waals surface area (Å²) >= 11 is 0. The average molecular weight is 385 g/mol. The van der Waals surface area contributed by atoms with E-state index in [2.05, 4.69) is 20.4 Å². The molecule has 142 valence electrons. The predicted octanol–water partition coefficient (Wildman–Crippen LogP) is 3.72. The van der Waals surface area contributed by atoms with Crippen molar-refractivity contribution in [1.82, 2.24) is 19.6 Å². The molecule has 9 heteroatoms. The third kappa shape index (κ3) is 3.46. The molecule has 28 heavy (non-hydrogen) atoms. The quantitative estimate of drug-likeness (QED) is 0.562. The Labute approximate surface area is 156 Å². The zero-order valence-electron chi connectivity index (χ0n) is 14.4. The van der Waals surface area contributed by atoms with Gasteiger partial charge in [0.2, 0.25) is 0 Å². The standard InChI is InChI=1S/C19H14F3N5O/c20-19(21,22)14-8-4-5-9-15(14)23-11-13-10-16(28)27-18(24-13)25-17(26-27)12-6-2-1-3-7-12/h1-10,23H,11H2,(H,24,25,26). The van der Waals surface area contributed by atoms with Gasteiger partial charge in [-0.15, -0.1) is 0 Å². The molecule has 2 aromatic carbocycles. The summed E-state index contributed by atoms with van der Waals surface area (Å²) in [7, 11) is 0. The largest absolute Gasteiger partial charge is 0.418 e. The number of aromatic amines is 1. The molecular formula is C19H14F3N5O. The fraction of sp³-hybridized carbons (Fsp3) is 0.105. The Kier molecular flexibility index (Phi) is 4.34. The van der Waals surface area contributed by atoms with Crippen LogP contribution in [-0.4, -0.2) is 19.6 Å². The van der Waals surface area contributed by atoms with Crippen LogP contribution in [0, 0.1) is 0 Å². The highest BCUT2D eigenvalue weighted by molar-refractivity contribution is 5.56. The van der Waals surface area contributed by atoms with Crippen molar-refractivity contribution in [3.8, 4) is 11.4 Å². The SMILES string of the molecule is O=c1cc(CNc2ccccc2C(F)(F)F)nc2nc(-c3ccccc3)[nH]n12. The van der Waals surface area contributed by atoms with Crippen molar-refractivity contribution in [3.63, 3.8) is 0 Å². The fourth-order valence-electron chi connectivity index (χ4n) is 2.81. The molecule has 6 nitrogen and oxygen atoms in total. The van der Waals surface area contributed by atoms with Gasteiger partial charge in [0.1, 0.15) is 0 Å². The number of H-pyrrole nitrogens is 1. The molecular weight excluding hydrogens is 371 g/mol. The molecule has 2 heterocycles. The number of halogens is 3. The summed E-state index contributed by atoms with van der Waals surface area (Å²) in [5, 5.41) is 5.57. The van der Waals surface area contributed by atoms with Crippen LogP contribution >= 0.6 is 0 Å². The third-order valence-corrected chi connectivity index (χ3v) is 4.12. The summed E-state index contributed by atoms with van der Waals surface area (Å²) in [6.45, 7) is -0.0492. The highest BCUT2D eigenvalue weighted by Gasteiger charge is 2.33. The Morgan fingerprint density at radius 3 is 2.46 bits per heavy atom. The highest BCUT2D eigenvalue weighted by Crippen LogP contribution is 2.34. The van der Waals surface area contributed by atoms with Gasteiger partial charge in [-0.25, -0.2) is 4.98 Å². The van der Waals surface area contributed by atoms with Crippen LogP contribution in [0.3, 0.4) is 0 Å². The average Bonchev–Trinajstić information content (AvgIpc) is 3.11. The monoisotopic (exact) mass is 385 g/mol. The van der Waals surface area contributed by atoms with Gasteiger partial charge in [0, 0.05) is 17.3 Å². The van der Waals surface area contributed by atoms with E-state index in [0.29, 0.717) is 5.82 Å². The topological polar surface area (TPSA) is 75.1 Å². The smallest absolute Gasteiger partial charge is 0.379 e. The van der Waals surface area contributed by atoms with E-state index >= 15 is 0 Å². The van der Waals surface area contributed by atoms with Crippen LogP contribution in [0.25, 0.3) is 17.2 Å². The maximum atomic E-state index is 13.1. The second-order valence-electron chi connectivity index (χ2n) is 6.06. The molecule has 0 fully saturated rings. The summed E-state index contributed by atoms with van der Waals surface area (Å²) in [5.74, 6) is 0.616. The van der Waals surface area contributed by atoms with E-state index in [9.17, 15) is 18.0 Å². The lowest BCUT2D eigenvalue weighted by atomic mass is 10.1. The predicted molar refractivity (Wildman–Crippen MR) is 97.8 cm³/mol. The van der Waals surface area contributed by atoms with Crippen LogP contribution in [-0.2, 0) is 12.7 Å². The van der Waals surface area contributed by atoms with Crippen molar-refractivity contribution in [2.45, 2.75) is 12.7 Å². The normalized spacial score (nSPS) is 11.7. The van der Waals surface area contributed by atoms with Crippen LogP contribution < -0.4 is 10.9 Å². The first-order chi connectivity index (χ1) is 13.4. The first kappa shape index (κ1) is 17.8. The number of nitrogens with one attached hydrogen (secondary N) is 2. The summed E-state index contributed by atoms with van der Waals surface area (Å²) in [6.07, 6.45) is -4.48. The molecule has 0 bridgehead atoms. The Morgan fingerprint density at radius 2 is 1.71 bits per heavy atom. The number of hydrogen-bond acceptors (Lipinski definition) is 4. The van der Waals surface area contributed by atoms with Gasteiger partial charge in [0.25, 0.3) is 11.3 Å². The number of anilines is 1. The van der Waals surface area contributed by atoms with Crippen LogP contribution in [0.15, 0.2) is 65.5 Å². The maximum absolute atomic E-state index is 13.1. The molecule has 0 atom stereocenters. The van der Waals surface area contributed by atoms with Gasteiger partial charge in [-0.1, -0.05) is 42.5 Å². The molecule has 4 aromatic rings. The molecule has 0 saturated heterocycles. The van der Waals surface area contributed by atoms with E-state index < -0.39 is 17.3 Å². The fourth-order valence-corrected chi connectivity index (χ4v) is 2.81. The lowest BCUT2D eigenvalue weighted by Gasteiger charge is -2.13. The summed E-state index contributed by atoms with van der Waals surface area (Å²) in [5.41, 5.74) is -0.192. The van der Waals surface area contributed by atoms with Crippen molar-refractivity contribution in [1.29, 1.82) is 0 Å². The molecule has 0 aliphatic heterocycles. The van der Waals surface area contributed by atoms with E-state index in [0.717, 1.165) is 11.6 Å². The van der Waals surface area contributed by atoms with Gasteiger partial charge in [0.15, 0.2) is 5.82 Å². The number of nitrogens with zero attached hydrogens (tertiary/aromatic N) is 3. The number of fused-ring (bicyclic) bond motifs is 1. The molecule has 2 N–H and O–H groups in total. The molecule has 0 aliphatic rings. The molecule has 0 saturated carbocycles. The van der Waals surface area contributed by atoms with Crippen molar-refractivity contribution in [2.24, 2.45) is 0 Å². The van der Waals surface area contributed by atoms with Crippen LogP contribution in [0.4, 0.5) is 18.9 Å². The number of rotatable bonds is 4. The van der Waals surface area contributed by atoms with E-state index in [4.69, 9.17) is 0 Å². The lowest BCUT2D eigenvalue weighted by molar-refractivity contribution is -0.137. The van der Waals surface area contributed by atoms with Crippen molar-refractivity contribution >= 4 is 11.5 Å². The minimum Gasteiger partial charge on any atom is -0.379 e. The van der Waals surface area contributed by atoms with Gasteiger partial charge >= 0.3 is 6.18 Å². The van der Waals surface area contributed by atoms with E-state index in [-0.39, 0.29) is 23.7 Å². The Hall–Kier alpha value is -3.62. The molecule has 0 aliphatic carbocycles.